The summed E-state index contributed by atoms with van der Waals surface area (Å²) >= 11 is 1.34. The van der Waals surface area contributed by atoms with Gasteiger partial charge in [0, 0.05) is 12.9 Å². The minimum Gasteiger partial charge on any atom is -0.484 e. The van der Waals surface area contributed by atoms with E-state index in [1.165, 1.54) is 18.9 Å². The Kier molecular flexibility index (Phi) is 4.92. The van der Waals surface area contributed by atoms with E-state index in [-0.39, 0.29) is 12.3 Å². The van der Waals surface area contributed by atoms with Crippen molar-refractivity contribution in [1.29, 1.82) is 0 Å². The van der Waals surface area contributed by atoms with Crippen LogP contribution in [0.5, 0.6) is 5.75 Å². The van der Waals surface area contributed by atoms with Crippen LogP contribution < -0.4 is 10.1 Å². The molecule has 1 aromatic carbocycles. The van der Waals surface area contributed by atoms with E-state index in [2.05, 4.69) is 5.32 Å². The lowest BCUT2D eigenvalue weighted by atomic mass is 9.98. The number of benzene rings is 1. The van der Waals surface area contributed by atoms with Crippen LogP contribution in [0.2, 0.25) is 0 Å². The van der Waals surface area contributed by atoms with Crippen molar-refractivity contribution in [2.75, 3.05) is 19.5 Å². The van der Waals surface area contributed by atoms with Gasteiger partial charge >= 0.3 is 5.97 Å². The predicted molar refractivity (Wildman–Crippen MR) is 93.2 cm³/mol. The van der Waals surface area contributed by atoms with Gasteiger partial charge in [-0.05, 0) is 24.6 Å². The van der Waals surface area contributed by atoms with E-state index in [0.717, 1.165) is 4.90 Å². The minimum absolute atomic E-state index is 0.0544. The maximum absolute atomic E-state index is 12.7. The molecule has 0 aliphatic carbocycles. The number of rotatable bonds is 6. The van der Waals surface area contributed by atoms with E-state index in [1.807, 2.05) is 6.07 Å². The third-order valence-electron chi connectivity index (χ3n) is 4.18. The van der Waals surface area contributed by atoms with Crippen molar-refractivity contribution in [2.45, 2.75) is 18.0 Å². The topological polar surface area (TPSA) is 105 Å². The Labute approximate surface area is 154 Å². The summed E-state index contributed by atoms with van der Waals surface area (Å²) in [4.78, 5) is 37.5. The summed E-state index contributed by atoms with van der Waals surface area (Å²) in [7, 11) is 1.31. The number of ether oxygens (including phenoxy) is 2. The van der Waals surface area contributed by atoms with Gasteiger partial charge in [-0.25, -0.2) is 4.79 Å². The van der Waals surface area contributed by atoms with Crippen molar-refractivity contribution in [3.63, 3.8) is 0 Å². The van der Waals surface area contributed by atoms with Gasteiger partial charge in [0.25, 0.3) is 17.5 Å². The summed E-state index contributed by atoms with van der Waals surface area (Å²) in [5.41, 5.74) is -1.06. The highest BCUT2D eigenvalue weighted by molar-refractivity contribution is 8.00. The van der Waals surface area contributed by atoms with Crippen molar-refractivity contribution >= 4 is 29.5 Å². The smallest absolute Gasteiger partial charge is 0.352 e. The lowest BCUT2D eigenvalue weighted by Crippen LogP contribution is -2.80. The fourth-order valence-corrected chi connectivity index (χ4v) is 4.33. The molecule has 1 aromatic rings. The number of nitrogens with zero attached hydrogens (tertiary/aromatic N) is 1. The van der Waals surface area contributed by atoms with E-state index in [0.29, 0.717) is 17.1 Å². The van der Waals surface area contributed by atoms with Gasteiger partial charge in [0.15, 0.2) is 6.61 Å². The Morgan fingerprint density at radius 2 is 2.08 bits per heavy atom. The van der Waals surface area contributed by atoms with Crippen LogP contribution in [0.4, 0.5) is 0 Å². The van der Waals surface area contributed by atoms with Crippen molar-refractivity contribution in [2.24, 2.45) is 0 Å². The average Bonchev–Trinajstić information content (AvgIpc) is 2.64. The summed E-state index contributed by atoms with van der Waals surface area (Å²) < 4.78 is 10.7. The molecule has 2 amide bonds. The summed E-state index contributed by atoms with van der Waals surface area (Å²) in [5.74, 6) is -1.37. The van der Waals surface area contributed by atoms with Crippen LogP contribution in [0.15, 0.2) is 41.6 Å². The number of aliphatic carboxylic acids is 1. The number of hydrogen-bond donors (Lipinski definition) is 2. The molecule has 2 N–H and O–H groups in total. The molecule has 1 saturated heterocycles. The van der Waals surface area contributed by atoms with Gasteiger partial charge in [-0.15, -0.1) is 11.8 Å². The van der Waals surface area contributed by atoms with Crippen LogP contribution in [-0.4, -0.2) is 58.4 Å². The van der Waals surface area contributed by atoms with Gasteiger partial charge in [-0.2, -0.15) is 0 Å². The zero-order valence-electron chi connectivity index (χ0n) is 14.2. The number of para-hydroxylation sites is 1. The van der Waals surface area contributed by atoms with Gasteiger partial charge in [0.2, 0.25) is 0 Å². The van der Waals surface area contributed by atoms with E-state index in [4.69, 9.17) is 9.47 Å². The van der Waals surface area contributed by atoms with Crippen LogP contribution in [0.1, 0.15) is 6.92 Å². The molecule has 0 spiro atoms. The van der Waals surface area contributed by atoms with Crippen LogP contribution in [0.3, 0.4) is 0 Å². The molecule has 2 aliphatic rings. The van der Waals surface area contributed by atoms with Crippen molar-refractivity contribution in [3.05, 3.63) is 41.6 Å². The molecule has 8 nitrogen and oxygen atoms in total. The third-order valence-corrected chi connectivity index (χ3v) is 5.64. The largest absolute Gasteiger partial charge is 0.484 e. The molecule has 9 heteroatoms. The summed E-state index contributed by atoms with van der Waals surface area (Å²) in [5, 5.41) is 11.3. The first-order valence-electron chi connectivity index (χ1n) is 7.83. The van der Waals surface area contributed by atoms with Crippen molar-refractivity contribution in [1.82, 2.24) is 10.2 Å². The molecule has 1 fully saturated rings. The lowest BCUT2D eigenvalue weighted by molar-refractivity contribution is -0.192. The van der Waals surface area contributed by atoms with Gasteiger partial charge in [-0.3, -0.25) is 14.5 Å². The number of hydrogen-bond acceptors (Lipinski definition) is 6. The Bertz CT molecular complexity index is 781. The first-order valence-corrected chi connectivity index (χ1v) is 8.88. The quantitative estimate of drug-likeness (QED) is 0.557. The van der Waals surface area contributed by atoms with Crippen LogP contribution >= 0.6 is 11.8 Å². The summed E-state index contributed by atoms with van der Waals surface area (Å²) in [6.45, 7) is 1.37. The first-order chi connectivity index (χ1) is 12.4. The number of amides is 2. The second kappa shape index (κ2) is 7.00. The molecular formula is C17H18N2O6S. The zero-order chi connectivity index (χ0) is 18.9. The average molecular weight is 378 g/mol. The van der Waals surface area contributed by atoms with Crippen LogP contribution in [0.25, 0.3) is 0 Å². The van der Waals surface area contributed by atoms with E-state index in [1.54, 1.807) is 31.2 Å². The van der Waals surface area contributed by atoms with Gasteiger partial charge in [-0.1, -0.05) is 18.2 Å². The number of fused-ring (bicyclic) bond motifs is 1. The fraction of sp³-hybridized carbons (Fsp3) is 0.353. The van der Waals surface area contributed by atoms with Crippen molar-refractivity contribution < 1.29 is 29.0 Å². The van der Waals surface area contributed by atoms with E-state index in [9.17, 15) is 19.5 Å². The third kappa shape index (κ3) is 2.93. The maximum atomic E-state index is 12.7. The number of thioether (sulfide) groups is 1. The molecule has 0 saturated carbocycles. The van der Waals surface area contributed by atoms with Crippen LogP contribution in [0, 0.1) is 0 Å². The Balaban J connectivity index is 1.71. The van der Waals surface area contributed by atoms with Crippen molar-refractivity contribution in [3.8, 4) is 5.75 Å². The van der Waals surface area contributed by atoms with E-state index >= 15 is 0 Å². The molecule has 2 heterocycles. The fourth-order valence-electron chi connectivity index (χ4n) is 2.94. The minimum atomic E-state index is -1.59. The SMILES string of the molecule is CO[C@@]1(NC(=O)COc2ccccc2)C(=O)N2C(C(=O)O)=C(C)CS[C@@H]21. The number of β-lactam (4-membered cyclic amide) rings is 1. The molecule has 0 unspecified atom stereocenters. The van der Waals surface area contributed by atoms with Gasteiger partial charge in [0.05, 0.1) is 0 Å². The number of carbonyl (C=O) groups is 3. The summed E-state index contributed by atoms with van der Waals surface area (Å²) in [6, 6.07) is 8.79. The highest BCUT2D eigenvalue weighted by atomic mass is 32.2. The number of methoxy groups -OCH3 is 1. The molecule has 3 rings (SSSR count). The molecular weight excluding hydrogens is 360 g/mol. The normalized spacial score (nSPS) is 24.6. The molecule has 2 aliphatic heterocycles. The Hall–Kier alpha value is -2.52. The monoisotopic (exact) mass is 378 g/mol. The molecule has 26 heavy (non-hydrogen) atoms. The highest BCUT2D eigenvalue weighted by Crippen LogP contribution is 2.46. The lowest BCUT2D eigenvalue weighted by Gasteiger charge is -2.55. The number of nitrogens with one attached hydrogen (secondary N) is 1. The van der Waals surface area contributed by atoms with E-state index < -0.39 is 28.9 Å². The highest BCUT2D eigenvalue weighted by Gasteiger charge is 2.66. The number of carboxylic acids is 1. The molecule has 138 valence electrons. The van der Waals surface area contributed by atoms with Gasteiger partial charge in [0.1, 0.15) is 16.8 Å². The first kappa shape index (κ1) is 18.3. The maximum Gasteiger partial charge on any atom is 0.352 e. The molecule has 0 bridgehead atoms. The molecule has 2 atom stereocenters. The second-order valence-corrected chi connectivity index (χ2v) is 6.93. The predicted octanol–water partition coefficient (Wildman–Crippen LogP) is 0.798. The van der Waals surface area contributed by atoms with Gasteiger partial charge < -0.3 is 19.9 Å². The second-order valence-electron chi connectivity index (χ2n) is 5.86. The summed E-state index contributed by atoms with van der Waals surface area (Å²) in [6.07, 6.45) is 0. The molecule has 0 radical (unpaired) electrons. The number of carboxylic acid groups (broad SMARTS) is 1. The van der Waals surface area contributed by atoms with Crippen LogP contribution in [-0.2, 0) is 19.1 Å². The standard InChI is InChI=1S/C17H18N2O6S/c1-10-9-26-16-17(24-2,15(23)19(16)13(10)14(21)22)18-12(20)8-25-11-6-4-3-5-7-11/h3-7,16H,8-9H2,1-2H3,(H,18,20)(H,21,22)/t16-,17+/m1/s1. The number of carbonyl (C=O) groups excluding carboxylic acids is 2. The molecule has 0 aromatic heterocycles. The Morgan fingerprint density at radius 3 is 2.69 bits per heavy atom. The zero-order valence-corrected chi connectivity index (χ0v) is 15.0. The Morgan fingerprint density at radius 1 is 1.38 bits per heavy atom.